The van der Waals surface area contributed by atoms with Crippen molar-refractivity contribution in [3.05, 3.63) is 30.1 Å². The first kappa shape index (κ1) is 14.5. The predicted octanol–water partition coefficient (Wildman–Crippen LogP) is 1.29. The van der Waals surface area contributed by atoms with Gasteiger partial charge in [-0.1, -0.05) is 6.07 Å². The molecule has 1 aromatic heterocycles. The Balaban J connectivity index is 1.76. The van der Waals surface area contributed by atoms with E-state index in [0.717, 1.165) is 25.1 Å². The smallest absolute Gasteiger partial charge is 0.256 e. The molecule has 0 radical (unpaired) electrons. The maximum absolute atomic E-state index is 13.0. The number of ether oxygens (including phenoxy) is 1. The Labute approximate surface area is 125 Å². The third kappa shape index (κ3) is 3.24. The topological polar surface area (TPSA) is 45.7 Å². The lowest BCUT2D eigenvalue weighted by Crippen LogP contribution is -2.58. The fraction of sp³-hybridized carbons (Fsp3) is 0.625. The first-order chi connectivity index (χ1) is 10.1. The summed E-state index contributed by atoms with van der Waals surface area (Å²) in [7, 11) is 2.04. The molecule has 114 valence electrons. The van der Waals surface area contributed by atoms with Crippen LogP contribution in [0.5, 0.6) is 0 Å². The van der Waals surface area contributed by atoms with Gasteiger partial charge in [0.1, 0.15) is 0 Å². The molecule has 21 heavy (non-hydrogen) atoms. The number of hydrogen-bond acceptors (Lipinski definition) is 4. The standard InChI is InChI=1S/C16H23N3O2/c1-16(12-18(2)9-10-21-16)15(20)19(14-6-7-14)11-13-5-3-4-8-17-13/h3-5,8,14H,6-7,9-12H2,1-2H3. The lowest BCUT2D eigenvalue weighted by molar-refractivity contribution is -0.167. The van der Waals surface area contributed by atoms with Crippen LogP contribution in [-0.4, -0.2) is 59.1 Å². The number of amides is 1. The first-order valence-electron chi connectivity index (χ1n) is 7.62. The SMILES string of the molecule is CN1CCOC(C)(C(=O)N(Cc2ccccn2)C2CC2)C1. The molecule has 1 atom stereocenters. The summed E-state index contributed by atoms with van der Waals surface area (Å²) < 4.78 is 5.84. The molecule has 1 aliphatic carbocycles. The molecule has 5 nitrogen and oxygen atoms in total. The fourth-order valence-electron chi connectivity index (χ4n) is 2.92. The van der Waals surface area contributed by atoms with E-state index in [0.29, 0.717) is 25.7 Å². The molecule has 1 aliphatic heterocycles. The Bertz CT molecular complexity index is 504. The van der Waals surface area contributed by atoms with Crippen molar-refractivity contribution < 1.29 is 9.53 Å². The van der Waals surface area contributed by atoms with Crippen molar-refractivity contribution in [3.63, 3.8) is 0 Å². The molecule has 0 N–H and O–H groups in total. The Morgan fingerprint density at radius 2 is 2.33 bits per heavy atom. The second kappa shape index (κ2) is 5.73. The third-order valence-electron chi connectivity index (χ3n) is 4.22. The van der Waals surface area contributed by atoms with Gasteiger partial charge >= 0.3 is 0 Å². The molecule has 1 unspecified atom stereocenters. The number of likely N-dealkylation sites (N-methyl/N-ethyl adjacent to an activating group) is 1. The van der Waals surface area contributed by atoms with Crippen LogP contribution in [0.1, 0.15) is 25.5 Å². The average Bonchev–Trinajstić information content (AvgIpc) is 3.29. The van der Waals surface area contributed by atoms with Gasteiger partial charge in [-0.2, -0.15) is 0 Å². The van der Waals surface area contributed by atoms with E-state index in [1.165, 1.54) is 0 Å². The van der Waals surface area contributed by atoms with Gasteiger partial charge in [-0.15, -0.1) is 0 Å². The first-order valence-corrected chi connectivity index (χ1v) is 7.62. The Morgan fingerprint density at radius 3 is 2.95 bits per heavy atom. The van der Waals surface area contributed by atoms with Crippen LogP contribution in [0, 0.1) is 0 Å². The summed E-state index contributed by atoms with van der Waals surface area (Å²) in [4.78, 5) is 21.5. The maximum Gasteiger partial charge on any atom is 0.256 e. The van der Waals surface area contributed by atoms with Gasteiger partial charge in [0.15, 0.2) is 5.60 Å². The number of pyridine rings is 1. The van der Waals surface area contributed by atoms with Crippen molar-refractivity contribution in [2.24, 2.45) is 0 Å². The number of aromatic nitrogens is 1. The molecule has 1 amide bonds. The van der Waals surface area contributed by atoms with Crippen LogP contribution in [0.25, 0.3) is 0 Å². The Hall–Kier alpha value is -1.46. The predicted molar refractivity (Wildman–Crippen MR) is 79.7 cm³/mol. The third-order valence-corrected chi connectivity index (χ3v) is 4.22. The zero-order chi connectivity index (χ0) is 14.9. The van der Waals surface area contributed by atoms with Crippen LogP contribution in [0.2, 0.25) is 0 Å². The number of nitrogens with zero attached hydrogens (tertiary/aromatic N) is 3. The number of morpholine rings is 1. The second-order valence-corrected chi connectivity index (χ2v) is 6.30. The summed E-state index contributed by atoms with van der Waals surface area (Å²) in [6.07, 6.45) is 3.95. The van der Waals surface area contributed by atoms with Gasteiger partial charge in [0, 0.05) is 25.3 Å². The highest BCUT2D eigenvalue weighted by atomic mass is 16.5. The largest absolute Gasteiger partial charge is 0.363 e. The van der Waals surface area contributed by atoms with E-state index in [1.54, 1.807) is 6.20 Å². The van der Waals surface area contributed by atoms with Gasteiger partial charge in [0.2, 0.25) is 0 Å². The van der Waals surface area contributed by atoms with Crippen molar-refractivity contribution in [1.29, 1.82) is 0 Å². The summed E-state index contributed by atoms with van der Waals surface area (Å²) >= 11 is 0. The highest BCUT2D eigenvalue weighted by Crippen LogP contribution is 2.32. The molecule has 3 rings (SSSR count). The van der Waals surface area contributed by atoms with Gasteiger partial charge < -0.3 is 14.5 Å². The van der Waals surface area contributed by atoms with Crippen LogP contribution in [0.15, 0.2) is 24.4 Å². The quantitative estimate of drug-likeness (QED) is 0.838. The van der Waals surface area contributed by atoms with Crippen molar-refractivity contribution in [2.75, 3.05) is 26.7 Å². The molecule has 2 aliphatic rings. The van der Waals surface area contributed by atoms with Crippen LogP contribution in [-0.2, 0) is 16.1 Å². The Morgan fingerprint density at radius 1 is 1.52 bits per heavy atom. The highest BCUT2D eigenvalue weighted by molar-refractivity contribution is 5.85. The molecular weight excluding hydrogens is 266 g/mol. The van der Waals surface area contributed by atoms with Crippen LogP contribution in [0.3, 0.4) is 0 Å². The Kier molecular flexibility index (Phi) is 3.95. The summed E-state index contributed by atoms with van der Waals surface area (Å²) in [5, 5.41) is 0. The lowest BCUT2D eigenvalue weighted by Gasteiger charge is -2.40. The van der Waals surface area contributed by atoms with Gasteiger partial charge in [0.05, 0.1) is 18.8 Å². The number of carbonyl (C=O) groups is 1. The lowest BCUT2D eigenvalue weighted by atomic mass is 10.0. The summed E-state index contributed by atoms with van der Waals surface area (Å²) in [5.41, 5.74) is 0.204. The molecule has 0 bridgehead atoms. The maximum atomic E-state index is 13.0. The van der Waals surface area contributed by atoms with Crippen LogP contribution < -0.4 is 0 Å². The second-order valence-electron chi connectivity index (χ2n) is 6.30. The monoisotopic (exact) mass is 289 g/mol. The zero-order valence-electron chi connectivity index (χ0n) is 12.8. The molecule has 0 aromatic carbocycles. The van der Waals surface area contributed by atoms with Crippen molar-refractivity contribution in [2.45, 2.75) is 38.0 Å². The van der Waals surface area contributed by atoms with Crippen molar-refractivity contribution in [3.8, 4) is 0 Å². The molecule has 1 aromatic rings. The van der Waals surface area contributed by atoms with E-state index in [1.807, 2.05) is 37.1 Å². The summed E-state index contributed by atoms with van der Waals surface area (Å²) in [6.45, 7) is 4.64. The van der Waals surface area contributed by atoms with Gasteiger partial charge in [0.25, 0.3) is 5.91 Å². The highest BCUT2D eigenvalue weighted by Gasteiger charge is 2.45. The fourth-order valence-corrected chi connectivity index (χ4v) is 2.92. The van der Waals surface area contributed by atoms with Crippen LogP contribution >= 0.6 is 0 Å². The molecule has 2 fully saturated rings. The normalized spacial score (nSPS) is 26.6. The zero-order valence-corrected chi connectivity index (χ0v) is 12.8. The minimum Gasteiger partial charge on any atom is -0.363 e. The van der Waals surface area contributed by atoms with Gasteiger partial charge in [-0.05, 0) is 38.9 Å². The molecular formula is C16H23N3O2. The molecule has 2 heterocycles. The van der Waals surface area contributed by atoms with E-state index in [9.17, 15) is 4.79 Å². The number of rotatable bonds is 4. The molecule has 0 spiro atoms. The van der Waals surface area contributed by atoms with Crippen LogP contribution in [0.4, 0.5) is 0 Å². The van der Waals surface area contributed by atoms with E-state index in [4.69, 9.17) is 4.74 Å². The molecule has 1 saturated carbocycles. The minimum atomic E-state index is -0.732. The number of hydrogen-bond donors (Lipinski definition) is 0. The van der Waals surface area contributed by atoms with Crippen molar-refractivity contribution in [1.82, 2.24) is 14.8 Å². The van der Waals surface area contributed by atoms with E-state index in [-0.39, 0.29) is 5.91 Å². The molecule has 5 heteroatoms. The molecule has 1 saturated heterocycles. The van der Waals surface area contributed by atoms with E-state index >= 15 is 0 Å². The van der Waals surface area contributed by atoms with E-state index < -0.39 is 5.60 Å². The summed E-state index contributed by atoms with van der Waals surface area (Å²) in [6, 6.07) is 6.18. The average molecular weight is 289 g/mol. The van der Waals surface area contributed by atoms with Gasteiger partial charge in [-0.25, -0.2) is 0 Å². The number of carbonyl (C=O) groups excluding carboxylic acids is 1. The van der Waals surface area contributed by atoms with Gasteiger partial charge in [-0.3, -0.25) is 9.78 Å². The van der Waals surface area contributed by atoms with Crippen molar-refractivity contribution >= 4 is 5.91 Å². The van der Waals surface area contributed by atoms with E-state index in [2.05, 4.69) is 9.88 Å². The minimum absolute atomic E-state index is 0.0993. The summed E-state index contributed by atoms with van der Waals surface area (Å²) in [5.74, 6) is 0.0993.